The number of Topliss-reactive ketones (excluding diaryl/α,β-unsaturated/α-hetero) is 1. The van der Waals surface area contributed by atoms with E-state index >= 15 is 0 Å². The quantitative estimate of drug-likeness (QED) is 0.279. The lowest BCUT2D eigenvalue weighted by Gasteiger charge is -2.14. The Morgan fingerprint density at radius 2 is 1.66 bits per heavy atom. The number of ketones is 1. The Morgan fingerprint density at radius 1 is 1.00 bits per heavy atom. The molecule has 0 saturated heterocycles. The first kappa shape index (κ1) is 18.6. The van der Waals surface area contributed by atoms with Gasteiger partial charge in [0.1, 0.15) is 5.78 Å². The number of nitro benzene ring substituents is 1. The number of nitrogens with zero attached hydrogens (tertiary/aromatic N) is 2. The van der Waals surface area contributed by atoms with Crippen LogP contribution < -0.4 is 5.32 Å². The molecule has 3 aromatic carbocycles. The first-order valence-electron chi connectivity index (χ1n) is 9.24. The van der Waals surface area contributed by atoms with Crippen molar-refractivity contribution in [3.05, 3.63) is 81.9 Å². The lowest BCUT2D eigenvalue weighted by molar-refractivity contribution is -0.384. The van der Waals surface area contributed by atoms with Gasteiger partial charge < -0.3 is 5.32 Å². The Balaban J connectivity index is 1.86. The fourth-order valence-electron chi connectivity index (χ4n) is 3.43. The number of anilines is 2. The molecule has 0 aliphatic carbocycles. The van der Waals surface area contributed by atoms with Crippen molar-refractivity contribution in [1.29, 1.82) is 0 Å². The van der Waals surface area contributed by atoms with Crippen LogP contribution in [0.1, 0.15) is 18.1 Å². The number of nitrogens with one attached hydrogen (secondary N) is 1. The van der Waals surface area contributed by atoms with Crippen molar-refractivity contribution >= 4 is 44.7 Å². The fourth-order valence-corrected chi connectivity index (χ4v) is 3.43. The molecule has 0 bridgehead atoms. The summed E-state index contributed by atoms with van der Waals surface area (Å²) in [7, 11) is 0. The van der Waals surface area contributed by atoms with Gasteiger partial charge in [0.15, 0.2) is 0 Å². The van der Waals surface area contributed by atoms with Crippen molar-refractivity contribution in [3.63, 3.8) is 0 Å². The zero-order chi connectivity index (χ0) is 20.5. The number of aromatic nitrogens is 1. The summed E-state index contributed by atoms with van der Waals surface area (Å²) in [4.78, 5) is 26.7. The number of rotatable bonds is 5. The van der Waals surface area contributed by atoms with Gasteiger partial charge in [-0.05, 0) is 49.2 Å². The summed E-state index contributed by atoms with van der Waals surface area (Å²) in [6.07, 6.45) is 0.407. The van der Waals surface area contributed by atoms with Crippen molar-refractivity contribution in [1.82, 2.24) is 4.98 Å². The Kier molecular flexibility index (Phi) is 4.68. The molecule has 4 rings (SSSR count). The summed E-state index contributed by atoms with van der Waals surface area (Å²) in [5, 5.41) is 16.4. The lowest BCUT2D eigenvalue weighted by atomic mass is 10.0. The van der Waals surface area contributed by atoms with E-state index in [0.29, 0.717) is 11.9 Å². The zero-order valence-corrected chi connectivity index (χ0v) is 16.1. The van der Waals surface area contributed by atoms with Gasteiger partial charge in [0.05, 0.1) is 21.6 Å². The first-order valence-corrected chi connectivity index (χ1v) is 9.24. The van der Waals surface area contributed by atoms with E-state index in [1.165, 1.54) is 12.1 Å². The van der Waals surface area contributed by atoms with E-state index < -0.39 is 4.92 Å². The molecule has 0 fully saturated rings. The molecule has 4 aromatic rings. The molecule has 0 unspecified atom stereocenters. The SMILES string of the molecule is CC(=O)Cc1ccc(Nc2c3ccc(C)cc3nc3cc([N+](=O)[O-])ccc23)cc1. The standard InChI is InChI=1S/C23H19N3O3/c1-14-3-9-19-21(11-14)25-22-13-18(26(28)29)8-10-20(22)23(19)24-17-6-4-16(5-7-17)12-15(2)27/h3-11,13H,12H2,1-2H3,(H,24,25). The normalized spacial score (nSPS) is 11.0. The Hall–Kier alpha value is -3.80. The molecule has 1 aromatic heterocycles. The Labute approximate surface area is 167 Å². The Morgan fingerprint density at radius 3 is 2.31 bits per heavy atom. The molecule has 1 N–H and O–H groups in total. The monoisotopic (exact) mass is 385 g/mol. The van der Waals surface area contributed by atoms with Crippen LogP contribution in [0.5, 0.6) is 0 Å². The maximum absolute atomic E-state index is 11.3. The van der Waals surface area contributed by atoms with Crippen LogP contribution in [-0.4, -0.2) is 15.7 Å². The number of carbonyl (C=O) groups is 1. The highest BCUT2D eigenvalue weighted by Crippen LogP contribution is 2.35. The van der Waals surface area contributed by atoms with Crippen molar-refractivity contribution in [2.45, 2.75) is 20.3 Å². The minimum atomic E-state index is -0.414. The van der Waals surface area contributed by atoms with Crippen molar-refractivity contribution in [2.75, 3.05) is 5.32 Å². The van der Waals surface area contributed by atoms with Gasteiger partial charge in [-0.2, -0.15) is 0 Å². The smallest absolute Gasteiger partial charge is 0.271 e. The van der Waals surface area contributed by atoms with E-state index in [9.17, 15) is 14.9 Å². The average Bonchev–Trinajstić information content (AvgIpc) is 2.68. The number of non-ortho nitro benzene ring substituents is 1. The van der Waals surface area contributed by atoms with Crippen molar-refractivity contribution in [2.24, 2.45) is 0 Å². The molecular formula is C23H19N3O3. The van der Waals surface area contributed by atoms with E-state index in [0.717, 1.165) is 38.8 Å². The summed E-state index contributed by atoms with van der Waals surface area (Å²) in [6, 6.07) is 18.4. The molecule has 0 aliphatic rings. The summed E-state index contributed by atoms with van der Waals surface area (Å²) >= 11 is 0. The van der Waals surface area contributed by atoms with Crippen LogP contribution in [0.25, 0.3) is 21.8 Å². The number of carbonyl (C=O) groups excluding carboxylic acids is 1. The summed E-state index contributed by atoms with van der Waals surface area (Å²) < 4.78 is 0. The molecule has 0 radical (unpaired) electrons. The van der Waals surface area contributed by atoms with Gasteiger partial charge in [-0.25, -0.2) is 4.98 Å². The highest BCUT2D eigenvalue weighted by atomic mass is 16.6. The topological polar surface area (TPSA) is 85.1 Å². The number of nitro groups is 1. The van der Waals surface area contributed by atoms with Crippen LogP contribution in [0, 0.1) is 17.0 Å². The number of hydrogen-bond donors (Lipinski definition) is 1. The minimum absolute atomic E-state index is 0.0107. The van der Waals surface area contributed by atoms with Gasteiger partial charge >= 0.3 is 0 Å². The highest BCUT2D eigenvalue weighted by molar-refractivity contribution is 6.09. The van der Waals surface area contributed by atoms with Gasteiger partial charge in [-0.3, -0.25) is 14.9 Å². The van der Waals surface area contributed by atoms with Gasteiger partial charge in [0, 0.05) is 35.0 Å². The third-order valence-electron chi connectivity index (χ3n) is 4.80. The second kappa shape index (κ2) is 7.31. The van der Waals surface area contributed by atoms with Crippen molar-refractivity contribution < 1.29 is 9.72 Å². The van der Waals surface area contributed by atoms with E-state index in [-0.39, 0.29) is 11.5 Å². The maximum Gasteiger partial charge on any atom is 0.271 e. The molecule has 0 spiro atoms. The summed E-state index contributed by atoms with van der Waals surface area (Å²) in [6.45, 7) is 3.56. The number of hydrogen-bond acceptors (Lipinski definition) is 5. The predicted octanol–water partition coefficient (Wildman–Crippen LogP) is 5.48. The molecule has 6 nitrogen and oxygen atoms in total. The molecule has 144 valence electrons. The van der Waals surface area contributed by atoms with Crippen LogP contribution in [0.15, 0.2) is 60.7 Å². The van der Waals surface area contributed by atoms with Crippen molar-refractivity contribution in [3.8, 4) is 0 Å². The third-order valence-corrected chi connectivity index (χ3v) is 4.80. The van der Waals surface area contributed by atoms with E-state index in [4.69, 9.17) is 0 Å². The molecule has 0 atom stereocenters. The third kappa shape index (κ3) is 3.78. The maximum atomic E-state index is 11.3. The molecule has 0 saturated carbocycles. The van der Waals surface area contributed by atoms with E-state index in [2.05, 4.69) is 10.3 Å². The number of pyridine rings is 1. The number of aryl methyl sites for hydroxylation is 1. The zero-order valence-electron chi connectivity index (χ0n) is 16.1. The summed E-state index contributed by atoms with van der Waals surface area (Å²) in [5.74, 6) is 0.119. The molecule has 0 aliphatic heterocycles. The van der Waals surface area contributed by atoms with Gasteiger partial charge in [0.2, 0.25) is 0 Å². The van der Waals surface area contributed by atoms with E-state index in [1.807, 2.05) is 49.4 Å². The van der Waals surface area contributed by atoms with Gasteiger partial charge in [0.25, 0.3) is 5.69 Å². The second-order valence-electron chi connectivity index (χ2n) is 7.17. The predicted molar refractivity (Wildman–Crippen MR) is 115 cm³/mol. The fraction of sp³-hybridized carbons (Fsp3) is 0.130. The average molecular weight is 385 g/mol. The van der Waals surface area contributed by atoms with Crippen LogP contribution >= 0.6 is 0 Å². The van der Waals surface area contributed by atoms with Crippen LogP contribution in [0.4, 0.5) is 17.1 Å². The number of fused-ring (bicyclic) bond motifs is 2. The number of benzene rings is 3. The second-order valence-corrected chi connectivity index (χ2v) is 7.17. The molecule has 6 heteroatoms. The minimum Gasteiger partial charge on any atom is -0.354 e. The molecule has 0 amide bonds. The first-order chi connectivity index (χ1) is 13.9. The summed E-state index contributed by atoms with van der Waals surface area (Å²) in [5.41, 5.74) is 5.08. The largest absolute Gasteiger partial charge is 0.354 e. The Bertz CT molecular complexity index is 1260. The lowest BCUT2D eigenvalue weighted by Crippen LogP contribution is -1.98. The molecular weight excluding hydrogens is 366 g/mol. The molecule has 29 heavy (non-hydrogen) atoms. The van der Waals surface area contributed by atoms with Gasteiger partial charge in [-0.15, -0.1) is 0 Å². The van der Waals surface area contributed by atoms with Crippen LogP contribution in [0.3, 0.4) is 0 Å². The van der Waals surface area contributed by atoms with Gasteiger partial charge in [-0.1, -0.05) is 24.3 Å². The molecule has 1 heterocycles. The van der Waals surface area contributed by atoms with Crippen LogP contribution in [0.2, 0.25) is 0 Å². The van der Waals surface area contributed by atoms with E-state index in [1.54, 1.807) is 13.0 Å². The highest BCUT2D eigenvalue weighted by Gasteiger charge is 2.14. The van der Waals surface area contributed by atoms with Crippen LogP contribution in [-0.2, 0) is 11.2 Å².